The molecular weight excluding hydrogens is 150 g/mol. The van der Waals surface area contributed by atoms with Crippen molar-refractivity contribution >= 4 is 6.29 Å². The molecule has 0 fully saturated rings. The average molecular weight is 163 g/mol. The number of rotatable bonds is 4. The van der Waals surface area contributed by atoms with Crippen molar-refractivity contribution in [3.8, 4) is 0 Å². The van der Waals surface area contributed by atoms with Crippen LogP contribution in [0, 0.1) is 0 Å². The molecule has 0 aliphatic heterocycles. The van der Waals surface area contributed by atoms with E-state index in [-0.39, 0.29) is 0 Å². The van der Waals surface area contributed by atoms with Gasteiger partial charge >= 0.3 is 0 Å². The Hall–Kier alpha value is -1.18. The first-order valence-electron chi connectivity index (χ1n) is 4.24. The Morgan fingerprint density at radius 3 is 2.83 bits per heavy atom. The highest BCUT2D eigenvalue weighted by Gasteiger charge is 1.93. The van der Waals surface area contributed by atoms with E-state index < -0.39 is 0 Å². The van der Waals surface area contributed by atoms with Crippen LogP contribution in [0.25, 0.3) is 0 Å². The zero-order valence-electron chi connectivity index (χ0n) is 7.29. The quantitative estimate of drug-likeness (QED) is 0.633. The Kier molecular flexibility index (Phi) is 3.45. The first kappa shape index (κ1) is 8.91. The van der Waals surface area contributed by atoms with Crippen LogP contribution in [0.1, 0.15) is 24.6 Å². The van der Waals surface area contributed by atoms with Crippen LogP contribution in [0.5, 0.6) is 0 Å². The highest BCUT2D eigenvalue weighted by Crippen LogP contribution is 2.02. The Morgan fingerprint density at radius 2 is 2.33 bits per heavy atom. The van der Waals surface area contributed by atoms with Crippen LogP contribution in [0.4, 0.5) is 0 Å². The number of hydrogen-bond donors (Lipinski definition) is 0. The summed E-state index contributed by atoms with van der Waals surface area (Å²) in [4.78, 5) is 14.4. The number of carbonyl (C=O) groups excluding carboxylic acids is 1. The molecule has 0 radical (unpaired) electrons. The van der Waals surface area contributed by atoms with Crippen molar-refractivity contribution in [3.05, 3.63) is 29.6 Å². The van der Waals surface area contributed by atoms with Gasteiger partial charge < -0.3 is 4.79 Å². The van der Waals surface area contributed by atoms with E-state index in [1.807, 2.05) is 12.1 Å². The summed E-state index contributed by atoms with van der Waals surface area (Å²) in [6, 6.07) is 3.95. The zero-order chi connectivity index (χ0) is 8.81. The Labute approximate surface area is 72.6 Å². The van der Waals surface area contributed by atoms with Crippen molar-refractivity contribution in [2.45, 2.75) is 26.2 Å². The summed E-state index contributed by atoms with van der Waals surface area (Å²) in [5.74, 6) is 0. The van der Waals surface area contributed by atoms with Crippen molar-refractivity contribution < 1.29 is 4.79 Å². The minimum Gasteiger partial charge on any atom is -0.303 e. The third-order valence-electron chi connectivity index (χ3n) is 1.71. The van der Waals surface area contributed by atoms with Crippen molar-refractivity contribution in [3.63, 3.8) is 0 Å². The lowest BCUT2D eigenvalue weighted by Gasteiger charge is -1.98. The number of aldehydes is 1. The molecule has 0 unspecified atom stereocenters. The summed E-state index contributed by atoms with van der Waals surface area (Å²) in [5.41, 5.74) is 2.09. The van der Waals surface area contributed by atoms with Crippen LogP contribution in [0.2, 0.25) is 0 Å². The highest BCUT2D eigenvalue weighted by molar-refractivity contribution is 5.54. The van der Waals surface area contributed by atoms with Gasteiger partial charge in [-0.05, 0) is 18.1 Å². The van der Waals surface area contributed by atoms with Crippen molar-refractivity contribution in [1.82, 2.24) is 4.98 Å². The highest BCUT2D eigenvalue weighted by atomic mass is 16.1. The molecule has 0 amide bonds. The maximum atomic E-state index is 10.2. The number of aromatic nitrogens is 1. The lowest BCUT2D eigenvalue weighted by atomic mass is 10.2. The van der Waals surface area contributed by atoms with Gasteiger partial charge in [0, 0.05) is 18.3 Å². The lowest BCUT2D eigenvalue weighted by molar-refractivity contribution is -0.107. The van der Waals surface area contributed by atoms with Gasteiger partial charge in [0.1, 0.15) is 6.29 Å². The molecule has 0 aliphatic carbocycles. The van der Waals surface area contributed by atoms with Gasteiger partial charge in [0.05, 0.1) is 0 Å². The number of aryl methyl sites for hydroxylation is 1. The van der Waals surface area contributed by atoms with Gasteiger partial charge in [-0.25, -0.2) is 0 Å². The lowest BCUT2D eigenvalue weighted by Crippen LogP contribution is -1.91. The minimum atomic E-state index is 0.472. The second-order valence-electron chi connectivity index (χ2n) is 2.78. The molecule has 1 heterocycles. The van der Waals surface area contributed by atoms with Gasteiger partial charge in [0.2, 0.25) is 0 Å². The topological polar surface area (TPSA) is 30.0 Å². The molecule has 0 aromatic carbocycles. The molecule has 0 spiro atoms. The minimum absolute atomic E-state index is 0.472. The molecule has 2 heteroatoms. The largest absolute Gasteiger partial charge is 0.303 e. The van der Waals surface area contributed by atoms with Gasteiger partial charge in [-0.15, -0.1) is 0 Å². The van der Waals surface area contributed by atoms with E-state index in [4.69, 9.17) is 0 Å². The van der Waals surface area contributed by atoms with E-state index in [1.165, 1.54) is 0 Å². The molecule has 0 bridgehead atoms. The number of carbonyl (C=O) groups is 1. The molecule has 1 rings (SSSR count). The molecule has 0 saturated heterocycles. The van der Waals surface area contributed by atoms with Crippen LogP contribution in [0.3, 0.4) is 0 Å². The number of hydrogen-bond acceptors (Lipinski definition) is 2. The molecule has 64 valence electrons. The van der Waals surface area contributed by atoms with Gasteiger partial charge in [0.15, 0.2) is 0 Å². The first-order valence-corrected chi connectivity index (χ1v) is 4.24. The molecule has 0 atom stereocenters. The molecule has 1 aromatic heterocycles. The summed E-state index contributed by atoms with van der Waals surface area (Å²) < 4.78 is 0. The standard InChI is InChI=1S/C10H13NO/c1-2-3-10-5-4-9(6-7-12)8-11-10/h4-5,7-8H,2-3,6H2,1H3. The predicted octanol–water partition coefficient (Wildman–Crippen LogP) is 1.78. The van der Waals surface area contributed by atoms with Crippen LogP contribution < -0.4 is 0 Å². The zero-order valence-corrected chi connectivity index (χ0v) is 7.29. The van der Waals surface area contributed by atoms with Crippen molar-refractivity contribution in [1.29, 1.82) is 0 Å². The van der Waals surface area contributed by atoms with Gasteiger partial charge in [-0.2, -0.15) is 0 Å². The SMILES string of the molecule is CCCc1ccc(CC=O)cn1. The van der Waals surface area contributed by atoms with Crippen LogP contribution in [-0.4, -0.2) is 11.3 Å². The normalized spacial score (nSPS) is 9.75. The van der Waals surface area contributed by atoms with Gasteiger partial charge in [-0.1, -0.05) is 19.4 Å². The second-order valence-corrected chi connectivity index (χ2v) is 2.78. The van der Waals surface area contributed by atoms with E-state index >= 15 is 0 Å². The Bertz CT molecular complexity index is 241. The third kappa shape index (κ3) is 2.46. The fourth-order valence-electron chi connectivity index (χ4n) is 1.08. The van der Waals surface area contributed by atoms with Crippen LogP contribution in [0.15, 0.2) is 18.3 Å². The van der Waals surface area contributed by atoms with Gasteiger partial charge in [0.25, 0.3) is 0 Å². The second kappa shape index (κ2) is 4.65. The maximum absolute atomic E-state index is 10.2. The molecule has 12 heavy (non-hydrogen) atoms. The number of nitrogens with zero attached hydrogens (tertiary/aromatic N) is 1. The predicted molar refractivity (Wildman–Crippen MR) is 48.0 cm³/mol. The number of pyridine rings is 1. The smallest absolute Gasteiger partial charge is 0.124 e. The van der Waals surface area contributed by atoms with Crippen LogP contribution >= 0.6 is 0 Å². The summed E-state index contributed by atoms with van der Waals surface area (Å²) >= 11 is 0. The molecular formula is C10H13NO. The van der Waals surface area contributed by atoms with Crippen molar-refractivity contribution in [2.24, 2.45) is 0 Å². The first-order chi connectivity index (χ1) is 5.86. The Morgan fingerprint density at radius 1 is 1.50 bits per heavy atom. The fraction of sp³-hybridized carbons (Fsp3) is 0.400. The third-order valence-corrected chi connectivity index (χ3v) is 1.71. The van der Waals surface area contributed by atoms with E-state index in [1.54, 1.807) is 6.20 Å². The molecule has 1 aromatic rings. The molecule has 2 nitrogen and oxygen atoms in total. The van der Waals surface area contributed by atoms with Gasteiger partial charge in [-0.3, -0.25) is 4.98 Å². The van der Waals surface area contributed by atoms with E-state index in [9.17, 15) is 4.79 Å². The molecule has 0 aliphatic rings. The van der Waals surface area contributed by atoms with Crippen LogP contribution in [-0.2, 0) is 17.6 Å². The average Bonchev–Trinajstić information content (AvgIpc) is 2.09. The molecule has 0 N–H and O–H groups in total. The summed E-state index contributed by atoms with van der Waals surface area (Å²) in [6.45, 7) is 2.13. The van der Waals surface area contributed by atoms with E-state index in [0.717, 1.165) is 30.4 Å². The van der Waals surface area contributed by atoms with Crippen molar-refractivity contribution in [2.75, 3.05) is 0 Å². The maximum Gasteiger partial charge on any atom is 0.124 e. The monoisotopic (exact) mass is 163 g/mol. The van der Waals surface area contributed by atoms with E-state index in [2.05, 4.69) is 11.9 Å². The summed E-state index contributed by atoms with van der Waals surface area (Å²) in [5, 5.41) is 0. The van der Waals surface area contributed by atoms with E-state index in [0.29, 0.717) is 6.42 Å². The Balaban J connectivity index is 2.64. The fourth-order valence-corrected chi connectivity index (χ4v) is 1.08. The summed E-state index contributed by atoms with van der Waals surface area (Å²) in [7, 11) is 0. The summed E-state index contributed by atoms with van der Waals surface area (Å²) in [6.07, 6.45) is 5.27. The molecule has 0 saturated carbocycles.